The van der Waals surface area contributed by atoms with Crippen molar-refractivity contribution in [2.45, 2.75) is 70.8 Å². The van der Waals surface area contributed by atoms with Gasteiger partial charge in [0.05, 0.1) is 19.5 Å². The van der Waals surface area contributed by atoms with Gasteiger partial charge in [0.15, 0.2) is 5.79 Å². The molecule has 0 aliphatic carbocycles. The number of anilines is 1. The van der Waals surface area contributed by atoms with E-state index in [1.165, 1.54) is 36.9 Å². The highest BCUT2D eigenvalue weighted by Crippen LogP contribution is 2.32. The van der Waals surface area contributed by atoms with Crippen LogP contribution in [0, 0.1) is 0 Å². The summed E-state index contributed by atoms with van der Waals surface area (Å²) >= 11 is 6.05. The maximum Gasteiger partial charge on any atom is 0.187 e. The van der Waals surface area contributed by atoms with Crippen LogP contribution in [0.2, 0.25) is 5.02 Å². The molecule has 1 fully saturated rings. The number of aromatic nitrogens is 2. The highest BCUT2D eigenvalue weighted by atomic mass is 35.5. The fourth-order valence-corrected chi connectivity index (χ4v) is 4.77. The van der Waals surface area contributed by atoms with Crippen LogP contribution in [0.25, 0.3) is 0 Å². The SMILES string of the molecule is CCCCN(CCCC)c1ccc(OC[C@@H]2CO[C@](CCc3ccc(Cl)cc3)(Cn3ccnc3)O2)cc1. The van der Waals surface area contributed by atoms with E-state index in [9.17, 15) is 0 Å². The summed E-state index contributed by atoms with van der Waals surface area (Å²) in [6.07, 6.45) is 11.7. The van der Waals surface area contributed by atoms with Crippen molar-refractivity contribution in [3.8, 4) is 5.75 Å². The zero-order chi connectivity index (χ0) is 25.9. The van der Waals surface area contributed by atoms with Crippen molar-refractivity contribution in [3.05, 3.63) is 77.8 Å². The van der Waals surface area contributed by atoms with Crippen molar-refractivity contribution in [3.63, 3.8) is 0 Å². The Balaban J connectivity index is 1.34. The molecule has 0 radical (unpaired) electrons. The van der Waals surface area contributed by atoms with E-state index in [1.807, 2.05) is 22.9 Å². The van der Waals surface area contributed by atoms with E-state index in [-0.39, 0.29) is 6.10 Å². The summed E-state index contributed by atoms with van der Waals surface area (Å²) < 4.78 is 21.0. The molecule has 0 bridgehead atoms. The van der Waals surface area contributed by atoms with Crippen molar-refractivity contribution in [2.24, 2.45) is 0 Å². The lowest BCUT2D eigenvalue weighted by atomic mass is 10.0. The highest BCUT2D eigenvalue weighted by Gasteiger charge is 2.42. The summed E-state index contributed by atoms with van der Waals surface area (Å²) in [5.41, 5.74) is 2.46. The Morgan fingerprint density at radius 1 is 1.05 bits per heavy atom. The molecule has 0 unspecified atom stereocenters. The molecule has 2 atom stereocenters. The third-order valence-electron chi connectivity index (χ3n) is 6.81. The number of ether oxygens (including phenoxy) is 3. The van der Waals surface area contributed by atoms with E-state index in [0.717, 1.165) is 36.7 Å². The molecule has 4 rings (SSSR count). The Morgan fingerprint density at radius 3 is 2.43 bits per heavy atom. The number of halogens is 1. The first-order valence-corrected chi connectivity index (χ1v) is 14.0. The lowest BCUT2D eigenvalue weighted by molar-refractivity contribution is -0.184. The third-order valence-corrected chi connectivity index (χ3v) is 7.06. The number of hydrogen-bond acceptors (Lipinski definition) is 5. The number of rotatable bonds is 15. The summed E-state index contributed by atoms with van der Waals surface area (Å²) in [6, 6.07) is 16.4. The number of benzene rings is 2. The second kappa shape index (κ2) is 13.8. The van der Waals surface area contributed by atoms with Crippen LogP contribution in [0.5, 0.6) is 5.75 Å². The highest BCUT2D eigenvalue weighted by molar-refractivity contribution is 6.30. The molecule has 1 aliphatic heterocycles. The minimum absolute atomic E-state index is 0.140. The second-order valence-electron chi connectivity index (χ2n) is 9.82. The monoisotopic (exact) mass is 525 g/mol. The average molecular weight is 526 g/mol. The zero-order valence-electron chi connectivity index (χ0n) is 22.2. The van der Waals surface area contributed by atoms with Gasteiger partial charge in [0, 0.05) is 42.6 Å². The Labute approximate surface area is 226 Å². The van der Waals surface area contributed by atoms with Crippen molar-refractivity contribution >= 4 is 17.3 Å². The van der Waals surface area contributed by atoms with E-state index in [2.05, 4.69) is 60.1 Å². The molecule has 0 saturated carbocycles. The molecule has 1 aromatic heterocycles. The van der Waals surface area contributed by atoms with Gasteiger partial charge in [-0.15, -0.1) is 0 Å². The molecule has 2 heterocycles. The predicted molar refractivity (Wildman–Crippen MR) is 150 cm³/mol. The van der Waals surface area contributed by atoms with Crippen molar-refractivity contribution in [1.82, 2.24) is 9.55 Å². The molecule has 2 aromatic carbocycles. The van der Waals surface area contributed by atoms with Crippen LogP contribution in [-0.2, 0) is 22.4 Å². The largest absolute Gasteiger partial charge is 0.491 e. The lowest BCUT2D eigenvalue weighted by Gasteiger charge is -2.28. The van der Waals surface area contributed by atoms with Crippen LogP contribution < -0.4 is 9.64 Å². The Hall–Kier alpha value is -2.54. The maximum absolute atomic E-state index is 6.51. The summed E-state index contributed by atoms with van der Waals surface area (Å²) in [5.74, 6) is 0.128. The second-order valence-corrected chi connectivity index (χ2v) is 10.3. The molecule has 0 amide bonds. The molecule has 1 aliphatic rings. The molecule has 37 heavy (non-hydrogen) atoms. The van der Waals surface area contributed by atoms with Crippen LogP contribution in [0.15, 0.2) is 67.3 Å². The summed E-state index contributed by atoms with van der Waals surface area (Å²) in [5, 5.41) is 0.741. The first kappa shape index (κ1) is 27.5. The van der Waals surface area contributed by atoms with E-state index < -0.39 is 5.79 Å². The van der Waals surface area contributed by atoms with Crippen molar-refractivity contribution in [1.29, 1.82) is 0 Å². The number of unbranched alkanes of at least 4 members (excludes halogenated alkanes) is 2. The first-order valence-electron chi connectivity index (χ1n) is 13.6. The Kier molecular flexibility index (Phi) is 10.3. The van der Waals surface area contributed by atoms with E-state index in [1.54, 1.807) is 12.5 Å². The van der Waals surface area contributed by atoms with Gasteiger partial charge in [-0.2, -0.15) is 0 Å². The average Bonchev–Trinajstić information content (AvgIpc) is 3.58. The molecule has 6 nitrogen and oxygen atoms in total. The Bertz CT molecular complexity index is 1030. The third kappa shape index (κ3) is 8.22. The van der Waals surface area contributed by atoms with E-state index in [0.29, 0.717) is 19.8 Å². The van der Waals surface area contributed by atoms with Gasteiger partial charge in [0.2, 0.25) is 0 Å². The first-order chi connectivity index (χ1) is 18.1. The van der Waals surface area contributed by atoms with Crippen LogP contribution in [0.1, 0.15) is 51.5 Å². The number of imidazole rings is 1. The fraction of sp³-hybridized carbons (Fsp3) is 0.500. The molecule has 200 valence electrons. The lowest BCUT2D eigenvalue weighted by Crippen LogP contribution is -2.37. The molecule has 0 N–H and O–H groups in total. The van der Waals surface area contributed by atoms with Crippen molar-refractivity contribution in [2.75, 3.05) is 31.2 Å². The van der Waals surface area contributed by atoms with E-state index >= 15 is 0 Å². The van der Waals surface area contributed by atoms with Crippen molar-refractivity contribution < 1.29 is 14.2 Å². The van der Waals surface area contributed by atoms with Gasteiger partial charge in [-0.25, -0.2) is 4.98 Å². The predicted octanol–water partition coefficient (Wildman–Crippen LogP) is 6.77. The fourth-order valence-electron chi connectivity index (χ4n) is 4.65. The van der Waals surface area contributed by atoms with Gasteiger partial charge in [0.25, 0.3) is 0 Å². The maximum atomic E-state index is 6.51. The number of nitrogens with zero attached hydrogens (tertiary/aromatic N) is 3. The molecule has 3 aromatic rings. The van der Waals surface area contributed by atoms with Gasteiger partial charge in [0.1, 0.15) is 18.5 Å². The van der Waals surface area contributed by atoms with Crippen LogP contribution >= 0.6 is 11.6 Å². The minimum atomic E-state index is -0.725. The molecule has 0 spiro atoms. The normalized spacial score (nSPS) is 19.3. The Morgan fingerprint density at radius 2 is 1.78 bits per heavy atom. The van der Waals surface area contributed by atoms with Crippen LogP contribution in [0.4, 0.5) is 5.69 Å². The summed E-state index contributed by atoms with van der Waals surface area (Å²) in [4.78, 5) is 6.66. The topological polar surface area (TPSA) is 48.8 Å². The van der Waals surface area contributed by atoms with Gasteiger partial charge in [-0.3, -0.25) is 0 Å². The standard InChI is InChI=1S/C30H40ClN3O3/c1-3-5-18-34(19-6-4-2)27-11-13-28(14-12-27)35-21-29-22-36-30(37-29,23-33-20-17-32-24-33)16-15-25-7-9-26(31)10-8-25/h7-14,17,20,24,29H,3-6,15-16,18-19,21-23H2,1-2H3/t29-,30+/m1/s1. The number of hydrogen-bond donors (Lipinski definition) is 0. The zero-order valence-corrected chi connectivity index (χ0v) is 22.9. The smallest absolute Gasteiger partial charge is 0.187 e. The number of aryl methyl sites for hydroxylation is 1. The van der Waals surface area contributed by atoms with Crippen LogP contribution in [0.3, 0.4) is 0 Å². The van der Waals surface area contributed by atoms with Gasteiger partial charge >= 0.3 is 0 Å². The van der Waals surface area contributed by atoms with E-state index in [4.69, 9.17) is 25.8 Å². The van der Waals surface area contributed by atoms with Gasteiger partial charge < -0.3 is 23.7 Å². The van der Waals surface area contributed by atoms with Gasteiger partial charge in [-0.05, 0) is 61.2 Å². The summed E-state index contributed by atoms with van der Waals surface area (Å²) in [6.45, 7) is 8.20. The molecular formula is C30H40ClN3O3. The molecule has 7 heteroatoms. The molecular weight excluding hydrogens is 486 g/mol. The summed E-state index contributed by atoms with van der Waals surface area (Å²) in [7, 11) is 0. The quantitative estimate of drug-likeness (QED) is 0.219. The van der Waals surface area contributed by atoms with Gasteiger partial charge in [-0.1, -0.05) is 50.4 Å². The minimum Gasteiger partial charge on any atom is -0.491 e. The molecule has 1 saturated heterocycles. The van der Waals surface area contributed by atoms with Crippen LogP contribution in [-0.4, -0.2) is 47.7 Å².